The number of methoxy groups -OCH3 is 1. The number of esters is 1. The van der Waals surface area contributed by atoms with Crippen LogP contribution in [0.4, 0.5) is 0 Å². The van der Waals surface area contributed by atoms with Gasteiger partial charge < -0.3 is 4.74 Å². The van der Waals surface area contributed by atoms with E-state index in [1.54, 1.807) is 13.8 Å². The molecule has 1 atom stereocenters. The molecule has 1 aromatic heterocycles. The summed E-state index contributed by atoms with van der Waals surface area (Å²) in [5.41, 5.74) is -0.910. The molecule has 6 heteroatoms. The van der Waals surface area contributed by atoms with E-state index >= 15 is 0 Å². The van der Waals surface area contributed by atoms with Crippen LogP contribution < -0.4 is 0 Å². The molecule has 1 heterocycles. The van der Waals surface area contributed by atoms with E-state index in [9.17, 15) is 14.9 Å². The van der Waals surface area contributed by atoms with Gasteiger partial charge in [-0.1, -0.05) is 6.07 Å². The summed E-state index contributed by atoms with van der Waals surface area (Å²) in [7, 11) is 1.29. The third kappa shape index (κ3) is 3.03. The van der Waals surface area contributed by atoms with Crippen molar-refractivity contribution in [2.75, 3.05) is 13.7 Å². The summed E-state index contributed by atoms with van der Waals surface area (Å²) >= 11 is 1.42. The summed E-state index contributed by atoms with van der Waals surface area (Å²) in [5, 5.41) is 12.6. The molecule has 0 radical (unpaired) electrons. The van der Waals surface area contributed by atoms with E-state index in [0.717, 1.165) is 4.88 Å². The van der Waals surface area contributed by atoms with E-state index < -0.39 is 22.2 Å². The highest BCUT2D eigenvalue weighted by Gasteiger charge is 2.42. The molecule has 0 fully saturated rings. The second kappa shape index (κ2) is 5.27. The van der Waals surface area contributed by atoms with Crippen LogP contribution >= 0.6 is 11.3 Å². The van der Waals surface area contributed by atoms with Crippen LogP contribution in [0.15, 0.2) is 17.5 Å². The van der Waals surface area contributed by atoms with Gasteiger partial charge in [0.25, 0.3) is 0 Å². The molecule has 1 unspecified atom stereocenters. The van der Waals surface area contributed by atoms with Crippen LogP contribution in [0.2, 0.25) is 0 Å². The minimum atomic E-state index is -0.910. The first-order valence-corrected chi connectivity index (χ1v) is 6.01. The summed E-state index contributed by atoms with van der Waals surface area (Å²) < 4.78 is 4.72. The van der Waals surface area contributed by atoms with Crippen LogP contribution in [0.3, 0.4) is 0 Å². The Morgan fingerprint density at radius 2 is 2.29 bits per heavy atom. The quantitative estimate of drug-likeness (QED) is 0.461. The number of ether oxygens (including phenoxy) is 1. The average Bonchev–Trinajstić information content (AvgIpc) is 2.77. The highest BCUT2D eigenvalue weighted by atomic mass is 32.1. The number of nitro groups is 1. The summed E-state index contributed by atoms with van der Waals surface area (Å²) in [6.45, 7) is 3.07. The smallest absolute Gasteiger partial charge is 0.312 e. The highest BCUT2D eigenvalue weighted by molar-refractivity contribution is 7.10. The number of thiophene rings is 1. The molecule has 0 bridgehead atoms. The maximum absolute atomic E-state index is 11.7. The first kappa shape index (κ1) is 13.6. The van der Waals surface area contributed by atoms with E-state index in [2.05, 4.69) is 0 Å². The summed E-state index contributed by atoms with van der Waals surface area (Å²) in [5.74, 6) is -0.900. The van der Waals surface area contributed by atoms with Crippen LogP contribution in [0.1, 0.15) is 24.6 Å². The molecular formula is C11H15NO4S. The van der Waals surface area contributed by atoms with Gasteiger partial charge in [0.2, 0.25) is 6.54 Å². The monoisotopic (exact) mass is 257 g/mol. The second-order valence-electron chi connectivity index (χ2n) is 4.30. The molecule has 0 aromatic carbocycles. The Morgan fingerprint density at radius 1 is 1.65 bits per heavy atom. The van der Waals surface area contributed by atoms with E-state index in [4.69, 9.17) is 4.74 Å². The number of rotatable bonds is 5. The largest absolute Gasteiger partial charge is 0.469 e. The fourth-order valence-corrected chi connectivity index (χ4v) is 2.72. The lowest BCUT2D eigenvalue weighted by Crippen LogP contribution is -2.35. The topological polar surface area (TPSA) is 69.4 Å². The van der Waals surface area contributed by atoms with Gasteiger partial charge in [0.15, 0.2) is 0 Å². The maximum Gasteiger partial charge on any atom is 0.312 e. The third-order valence-corrected chi connectivity index (χ3v) is 3.79. The van der Waals surface area contributed by atoms with Crippen molar-refractivity contribution in [3.63, 3.8) is 0 Å². The van der Waals surface area contributed by atoms with Crippen molar-refractivity contribution >= 4 is 17.3 Å². The first-order valence-electron chi connectivity index (χ1n) is 5.13. The molecule has 0 aliphatic heterocycles. The molecule has 17 heavy (non-hydrogen) atoms. The summed E-state index contributed by atoms with van der Waals surface area (Å²) in [6, 6.07) is 3.63. The molecule has 0 N–H and O–H groups in total. The zero-order valence-corrected chi connectivity index (χ0v) is 10.8. The Bertz CT molecular complexity index is 400. The molecule has 0 saturated carbocycles. The Morgan fingerprint density at radius 3 is 2.71 bits per heavy atom. The van der Waals surface area contributed by atoms with Gasteiger partial charge in [0.05, 0.1) is 18.4 Å². The normalized spacial score (nSPS) is 13.1. The van der Waals surface area contributed by atoms with Gasteiger partial charge in [-0.05, 0) is 25.3 Å². The predicted octanol–water partition coefficient (Wildman–Crippen LogP) is 2.31. The average molecular weight is 257 g/mol. The van der Waals surface area contributed by atoms with Crippen molar-refractivity contribution in [3.8, 4) is 0 Å². The number of nitrogens with zero attached hydrogens (tertiary/aromatic N) is 1. The van der Waals surface area contributed by atoms with E-state index in [0.29, 0.717) is 0 Å². The fourth-order valence-electron chi connectivity index (χ4n) is 1.72. The van der Waals surface area contributed by atoms with Gasteiger partial charge in [-0.3, -0.25) is 14.9 Å². The molecule has 0 saturated heterocycles. The third-order valence-electron chi connectivity index (χ3n) is 2.80. The van der Waals surface area contributed by atoms with Crippen molar-refractivity contribution in [2.24, 2.45) is 5.41 Å². The van der Waals surface area contributed by atoms with Gasteiger partial charge >= 0.3 is 5.97 Å². The van der Waals surface area contributed by atoms with Crippen molar-refractivity contribution in [2.45, 2.75) is 19.8 Å². The first-order chi connectivity index (χ1) is 7.89. The minimum Gasteiger partial charge on any atom is -0.469 e. The zero-order valence-electron chi connectivity index (χ0n) is 10.0. The SMILES string of the molecule is COC(=O)C(C)(C)C(C[N+](=O)[O-])c1cccs1. The van der Waals surface area contributed by atoms with Crippen molar-refractivity contribution in [1.29, 1.82) is 0 Å². The minimum absolute atomic E-state index is 0.275. The second-order valence-corrected chi connectivity index (χ2v) is 5.28. The Balaban J connectivity index is 3.06. The molecular weight excluding hydrogens is 242 g/mol. The van der Waals surface area contributed by atoms with Crippen LogP contribution in [0.25, 0.3) is 0 Å². The van der Waals surface area contributed by atoms with Gasteiger partial charge in [-0.15, -0.1) is 11.3 Å². The number of hydrogen-bond acceptors (Lipinski definition) is 5. The Kier molecular flexibility index (Phi) is 4.22. The standard InChI is InChI=1S/C11H15NO4S/c1-11(2,10(13)16-3)8(7-12(14)15)9-5-4-6-17-9/h4-6,8H,7H2,1-3H3. The maximum atomic E-state index is 11.7. The number of carbonyl (C=O) groups is 1. The lowest BCUT2D eigenvalue weighted by molar-refractivity contribution is -0.485. The van der Waals surface area contributed by atoms with Gasteiger partial charge in [0, 0.05) is 9.80 Å². The molecule has 0 amide bonds. The molecule has 0 spiro atoms. The summed E-state index contributed by atoms with van der Waals surface area (Å²) in [6.07, 6.45) is 0. The molecule has 0 aliphatic carbocycles. The van der Waals surface area contributed by atoms with Crippen molar-refractivity contribution in [1.82, 2.24) is 0 Å². The van der Waals surface area contributed by atoms with Crippen LogP contribution in [0, 0.1) is 15.5 Å². The summed E-state index contributed by atoms with van der Waals surface area (Å²) in [4.78, 5) is 22.9. The van der Waals surface area contributed by atoms with Gasteiger partial charge in [-0.25, -0.2) is 0 Å². The Hall–Kier alpha value is -1.43. The fraction of sp³-hybridized carbons (Fsp3) is 0.545. The van der Waals surface area contributed by atoms with Gasteiger partial charge in [0.1, 0.15) is 0 Å². The lowest BCUT2D eigenvalue weighted by Gasteiger charge is -2.28. The van der Waals surface area contributed by atoms with Crippen molar-refractivity contribution in [3.05, 3.63) is 32.5 Å². The van der Waals surface area contributed by atoms with Crippen LogP contribution in [-0.4, -0.2) is 24.5 Å². The van der Waals surface area contributed by atoms with Crippen LogP contribution in [0.5, 0.6) is 0 Å². The molecule has 5 nitrogen and oxygen atoms in total. The van der Waals surface area contributed by atoms with E-state index in [1.165, 1.54) is 18.4 Å². The van der Waals surface area contributed by atoms with E-state index in [1.807, 2.05) is 17.5 Å². The van der Waals surface area contributed by atoms with Crippen LogP contribution in [-0.2, 0) is 9.53 Å². The van der Waals surface area contributed by atoms with Crippen molar-refractivity contribution < 1.29 is 14.5 Å². The zero-order chi connectivity index (χ0) is 13.1. The lowest BCUT2D eigenvalue weighted by atomic mass is 9.78. The molecule has 0 aliphatic rings. The number of carbonyl (C=O) groups excluding carboxylic acids is 1. The molecule has 1 rings (SSSR count). The van der Waals surface area contributed by atoms with E-state index in [-0.39, 0.29) is 6.54 Å². The molecule has 94 valence electrons. The predicted molar refractivity (Wildman–Crippen MR) is 64.7 cm³/mol. The Labute approximate surface area is 104 Å². The molecule has 1 aromatic rings. The highest BCUT2D eigenvalue weighted by Crippen LogP contribution is 2.38. The van der Waals surface area contributed by atoms with Gasteiger partial charge in [-0.2, -0.15) is 0 Å². The number of hydrogen-bond donors (Lipinski definition) is 0.